The van der Waals surface area contributed by atoms with E-state index in [4.69, 9.17) is 5.73 Å². The predicted octanol–water partition coefficient (Wildman–Crippen LogP) is 1.44. The first-order valence-corrected chi connectivity index (χ1v) is 8.42. The molecule has 116 valence electrons. The quantitative estimate of drug-likeness (QED) is 0.912. The smallest absolute Gasteiger partial charge is 0.272 e. The highest BCUT2D eigenvalue weighted by atomic mass is 32.2. The SMILES string of the molecule is CSC1(CN)CCN(c2ccnc(C(=O)N(C)C)c2)CC1. The number of nitrogens with two attached hydrogens (primary N) is 1. The summed E-state index contributed by atoms with van der Waals surface area (Å²) in [6.07, 6.45) is 6.00. The Morgan fingerprint density at radius 3 is 2.67 bits per heavy atom. The molecule has 0 saturated carbocycles. The van der Waals surface area contributed by atoms with Crippen LogP contribution in [0.5, 0.6) is 0 Å². The monoisotopic (exact) mass is 308 g/mol. The van der Waals surface area contributed by atoms with Gasteiger partial charge in [0.1, 0.15) is 5.69 Å². The Kier molecular flexibility index (Phi) is 5.11. The Balaban J connectivity index is 2.10. The standard InChI is InChI=1S/C15H24N4OS/c1-18(2)14(20)13-10-12(4-7-17-13)19-8-5-15(11-16,21-3)6-9-19/h4,7,10H,5-6,8-9,11,16H2,1-3H3. The number of aromatic nitrogens is 1. The van der Waals surface area contributed by atoms with E-state index in [9.17, 15) is 4.79 Å². The summed E-state index contributed by atoms with van der Waals surface area (Å²) >= 11 is 1.88. The van der Waals surface area contributed by atoms with E-state index in [1.165, 1.54) is 0 Å². The van der Waals surface area contributed by atoms with E-state index in [0.717, 1.165) is 38.2 Å². The van der Waals surface area contributed by atoms with E-state index in [1.54, 1.807) is 25.2 Å². The lowest BCUT2D eigenvalue weighted by Crippen LogP contribution is -2.46. The second kappa shape index (κ2) is 6.66. The van der Waals surface area contributed by atoms with Gasteiger partial charge in [0, 0.05) is 50.4 Å². The van der Waals surface area contributed by atoms with Gasteiger partial charge in [-0.25, -0.2) is 0 Å². The normalized spacial score (nSPS) is 17.6. The number of pyridine rings is 1. The zero-order valence-electron chi connectivity index (χ0n) is 13.0. The summed E-state index contributed by atoms with van der Waals surface area (Å²) in [6.45, 7) is 2.66. The van der Waals surface area contributed by atoms with Crippen LogP contribution in [0.15, 0.2) is 18.3 Å². The lowest BCUT2D eigenvalue weighted by atomic mass is 9.95. The predicted molar refractivity (Wildman–Crippen MR) is 89.0 cm³/mol. The van der Waals surface area contributed by atoms with Crippen LogP contribution in [0, 0.1) is 0 Å². The molecule has 0 atom stereocenters. The number of amides is 1. The van der Waals surface area contributed by atoms with Crippen molar-refractivity contribution in [3.05, 3.63) is 24.0 Å². The van der Waals surface area contributed by atoms with Crippen LogP contribution in [0.2, 0.25) is 0 Å². The number of anilines is 1. The average Bonchev–Trinajstić information content (AvgIpc) is 2.54. The third kappa shape index (κ3) is 3.49. The van der Waals surface area contributed by atoms with Crippen LogP contribution in [0.25, 0.3) is 0 Å². The molecule has 0 radical (unpaired) electrons. The first-order chi connectivity index (χ1) is 10.0. The Hall–Kier alpha value is -1.27. The summed E-state index contributed by atoms with van der Waals surface area (Å²) in [5, 5.41) is 0. The number of rotatable bonds is 4. The molecule has 2 N–H and O–H groups in total. The van der Waals surface area contributed by atoms with Crippen molar-refractivity contribution in [1.29, 1.82) is 0 Å². The van der Waals surface area contributed by atoms with Gasteiger partial charge >= 0.3 is 0 Å². The number of hydrogen-bond donors (Lipinski definition) is 1. The van der Waals surface area contributed by atoms with E-state index in [1.807, 2.05) is 23.9 Å². The number of carbonyl (C=O) groups excluding carboxylic acids is 1. The lowest BCUT2D eigenvalue weighted by Gasteiger charge is -2.41. The summed E-state index contributed by atoms with van der Waals surface area (Å²) in [4.78, 5) is 20.0. The maximum Gasteiger partial charge on any atom is 0.272 e. The average molecular weight is 308 g/mol. The van der Waals surface area contributed by atoms with Gasteiger partial charge in [-0.1, -0.05) is 0 Å². The van der Waals surface area contributed by atoms with Crippen molar-refractivity contribution >= 4 is 23.4 Å². The molecule has 1 fully saturated rings. The maximum absolute atomic E-state index is 12.0. The minimum atomic E-state index is -0.0609. The lowest BCUT2D eigenvalue weighted by molar-refractivity contribution is 0.0822. The highest BCUT2D eigenvalue weighted by Gasteiger charge is 2.32. The van der Waals surface area contributed by atoms with Crippen LogP contribution in [-0.4, -0.2) is 60.5 Å². The molecule has 1 aromatic heterocycles. The summed E-state index contributed by atoms with van der Waals surface area (Å²) < 4.78 is 0.214. The van der Waals surface area contributed by atoms with E-state index in [2.05, 4.69) is 16.1 Å². The van der Waals surface area contributed by atoms with Gasteiger partial charge in [-0.05, 0) is 31.2 Å². The van der Waals surface area contributed by atoms with Gasteiger partial charge in [0.15, 0.2) is 0 Å². The fourth-order valence-electron chi connectivity index (χ4n) is 2.63. The highest BCUT2D eigenvalue weighted by molar-refractivity contribution is 8.00. The van der Waals surface area contributed by atoms with Gasteiger partial charge in [0.05, 0.1) is 0 Å². The Bertz CT molecular complexity index is 492. The van der Waals surface area contributed by atoms with Crippen molar-refractivity contribution in [2.24, 2.45) is 5.73 Å². The molecule has 1 aromatic rings. The molecule has 5 nitrogen and oxygen atoms in total. The van der Waals surface area contributed by atoms with Crippen LogP contribution < -0.4 is 10.6 Å². The second-order valence-corrected chi connectivity index (χ2v) is 6.95. The van der Waals surface area contributed by atoms with Crippen molar-refractivity contribution in [1.82, 2.24) is 9.88 Å². The molecule has 0 aromatic carbocycles. The van der Waals surface area contributed by atoms with Crippen LogP contribution >= 0.6 is 11.8 Å². The van der Waals surface area contributed by atoms with Crippen molar-refractivity contribution < 1.29 is 4.79 Å². The van der Waals surface area contributed by atoms with Gasteiger partial charge in [-0.15, -0.1) is 0 Å². The summed E-state index contributed by atoms with van der Waals surface area (Å²) in [5.41, 5.74) is 7.50. The molecule has 1 saturated heterocycles. The maximum atomic E-state index is 12.0. The molecule has 0 unspecified atom stereocenters. The van der Waals surface area contributed by atoms with Crippen LogP contribution in [0.4, 0.5) is 5.69 Å². The Labute approximate surface area is 130 Å². The minimum absolute atomic E-state index is 0.0609. The van der Waals surface area contributed by atoms with E-state index in [-0.39, 0.29) is 10.7 Å². The molecule has 0 bridgehead atoms. The topological polar surface area (TPSA) is 62.5 Å². The van der Waals surface area contributed by atoms with Gasteiger partial charge in [-0.2, -0.15) is 11.8 Å². The molecular weight excluding hydrogens is 284 g/mol. The second-order valence-electron chi connectivity index (χ2n) is 5.68. The van der Waals surface area contributed by atoms with Crippen molar-refractivity contribution in [3.63, 3.8) is 0 Å². The largest absolute Gasteiger partial charge is 0.371 e. The number of carbonyl (C=O) groups is 1. The molecule has 1 aliphatic rings. The zero-order chi connectivity index (χ0) is 15.5. The first kappa shape index (κ1) is 16.1. The Morgan fingerprint density at radius 2 is 2.14 bits per heavy atom. The van der Waals surface area contributed by atoms with E-state index in [0.29, 0.717) is 5.69 Å². The van der Waals surface area contributed by atoms with Gasteiger partial charge in [0.2, 0.25) is 0 Å². The molecule has 0 spiro atoms. The van der Waals surface area contributed by atoms with Gasteiger partial charge < -0.3 is 15.5 Å². The molecule has 2 heterocycles. The molecule has 2 rings (SSSR count). The summed E-state index contributed by atoms with van der Waals surface area (Å²) in [5.74, 6) is -0.0609. The highest BCUT2D eigenvalue weighted by Crippen LogP contribution is 2.35. The molecule has 1 amide bonds. The fraction of sp³-hybridized carbons (Fsp3) is 0.600. The van der Waals surface area contributed by atoms with Gasteiger partial charge in [0.25, 0.3) is 5.91 Å². The molecule has 0 aliphatic carbocycles. The van der Waals surface area contributed by atoms with Crippen LogP contribution in [-0.2, 0) is 0 Å². The zero-order valence-corrected chi connectivity index (χ0v) is 13.8. The van der Waals surface area contributed by atoms with Crippen molar-refractivity contribution in [2.45, 2.75) is 17.6 Å². The Morgan fingerprint density at radius 1 is 1.48 bits per heavy atom. The first-order valence-electron chi connectivity index (χ1n) is 7.19. The third-order valence-electron chi connectivity index (χ3n) is 4.21. The van der Waals surface area contributed by atoms with Crippen molar-refractivity contribution in [2.75, 3.05) is 44.9 Å². The van der Waals surface area contributed by atoms with Crippen LogP contribution in [0.1, 0.15) is 23.3 Å². The summed E-state index contributed by atoms with van der Waals surface area (Å²) in [7, 11) is 3.48. The van der Waals surface area contributed by atoms with Crippen molar-refractivity contribution in [3.8, 4) is 0 Å². The molecule has 6 heteroatoms. The number of thioether (sulfide) groups is 1. The van der Waals surface area contributed by atoms with Gasteiger partial charge in [-0.3, -0.25) is 9.78 Å². The van der Waals surface area contributed by atoms with E-state index >= 15 is 0 Å². The van der Waals surface area contributed by atoms with Crippen LogP contribution in [0.3, 0.4) is 0 Å². The minimum Gasteiger partial charge on any atom is -0.371 e. The summed E-state index contributed by atoms with van der Waals surface area (Å²) in [6, 6.07) is 3.86. The fourth-order valence-corrected chi connectivity index (χ4v) is 3.38. The number of piperidine rings is 1. The molecule has 21 heavy (non-hydrogen) atoms. The third-order valence-corrected chi connectivity index (χ3v) is 5.65. The molecule has 1 aliphatic heterocycles. The van der Waals surface area contributed by atoms with E-state index < -0.39 is 0 Å². The number of hydrogen-bond acceptors (Lipinski definition) is 5. The molecular formula is C15H24N4OS. The number of nitrogens with zero attached hydrogens (tertiary/aromatic N) is 3.